The molecule has 23 rings (SSSR count). The minimum Gasteiger partial charge on any atom is -0.454 e. The highest BCUT2D eigenvalue weighted by Crippen LogP contribution is 2.72. The van der Waals surface area contributed by atoms with Gasteiger partial charge >= 0.3 is 0 Å². The molecule has 6 aliphatic carbocycles. The first-order valence-electron chi connectivity index (χ1n) is 35.9. The fourth-order valence-electron chi connectivity index (χ4n) is 20.6. The highest BCUT2D eigenvalue weighted by Gasteiger charge is 2.58. The van der Waals surface area contributed by atoms with Crippen molar-refractivity contribution < 1.29 is 8.83 Å². The smallest absolute Gasteiger partial charge is 0.160 e. The summed E-state index contributed by atoms with van der Waals surface area (Å²) in [5.41, 5.74) is 37.6. The lowest BCUT2D eigenvalue weighted by Crippen LogP contribution is -2.27. The number of para-hydroxylation sites is 4. The maximum atomic E-state index is 7.69. The number of rotatable bonds is 6. The van der Waals surface area contributed by atoms with Crippen LogP contribution in [0, 0.1) is 0 Å². The molecule has 0 unspecified atom stereocenters. The number of furan rings is 2. The zero-order valence-corrected chi connectivity index (χ0v) is 56.7. The summed E-state index contributed by atoms with van der Waals surface area (Å²) in [4.78, 5) is 5.06. The van der Waals surface area contributed by atoms with Gasteiger partial charge in [-0.05, 0) is 195 Å². The van der Waals surface area contributed by atoms with E-state index in [0.29, 0.717) is 0 Å². The van der Waals surface area contributed by atoms with Crippen LogP contribution in [0.25, 0.3) is 111 Å². The number of hydrogen-bond donors (Lipinski definition) is 0. The van der Waals surface area contributed by atoms with E-state index in [4.69, 9.17) is 8.83 Å². The van der Waals surface area contributed by atoms with Crippen molar-refractivity contribution in [2.24, 2.45) is 0 Å². The summed E-state index contributed by atoms with van der Waals surface area (Å²) in [7, 11) is 0. The fraction of sp³-hybridized carbons (Fsp3) is 0.0816. The molecule has 17 aromatic rings. The lowest BCUT2D eigenvalue weighted by Gasteiger charge is -2.34. The van der Waals surface area contributed by atoms with Crippen LogP contribution >= 0.6 is 0 Å². The second-order valence-electron chi connectivity index (χ2n) is 29.9. The van der Waals surface area contributed by atoms with Gasteiger partial charge in [-0.3, -0.25) is 0 Å². The predicted molar refractivity (Wildman–Crippen MR) is 418 cm³/mol. The average molecular weight is 1300 g/mol. The van der Waals surface area contributed by atoms with Gasteiger partial charge in [-0.25, -0.2) is 0 Å². The maximum absolute atomic E-state index is 7.69. The molecule has 0 fully saturated rings. The third-order valence-electron chi connectivity index (χ3n) is 24.6. The largest absolute Gasteiger partial charge is 0.454 e. The Morgan fingerprint density at radius 1 is 0.225 bits per heavy atom. The van der Waals surface area contributed by atoms with Gasteiger partial charge in [0, 0.05) is 54.9 Å². The molecule has 102 heavy (non-hydrogen) atoms. The number of fused-ring (bicyclic) bond motifs is 34. The summed E-state index contributed by atoms with van der Waals surface area (Å²) in [6.07, 6.45) is 0. The Bertz CT molecular complexity index is 6110. The van der Waals surface area contributed by atoms with E-state index < -0.39 is 10.8 Å². The molecule has 0 aliphatic heterocycles. The Balaban J connectivity index is 0.890. The van der Waals surface area contributed by atoms with Crippen molar-refractivity contribution in [3.63, 3.8) is 0 Å². The molecule has 4 nitrogen and oxygen atoms in total. The second kappa shape index (κ2) is 19.7. The van der Waals surface area contributed by atoms with E-state index in [0.717, 1.165) is 78.0 Å². The van der Waals surface area contributed by atoms with Crippen LogP contribution in [0.3, 0.4) is 0 Å². The van der Waals surface area contributed by atoms with Crippen molar-refractivity contribution in [2.75, 3.05) is 9.80 Å². The summed E-state index contributed by atoms with van der Waals surface area (Å²) < 4.78 is 15.4. The van der Waals surface area contributed by atoms with Crippen LogP contribution < -0.4 is 9.80 Å². The van der Waals surface area contributed by atoms with E-state index >= 15 is 0 Å². The van der Waals surface area contributed by atoms with Gasteiger partial charge < -0.3 is 18.6 Å². The molecular formula is C98H64N2O2. The molecule has 0 bridgehead atoms. The molecule has 2 aromatic heterocycles. The average Bonchev–Trinajstić information content (AvgIpc) is 1.48. The third-order valence-corrected chi connectivity index (χ3v) is 24.6. The fourth-order valence-corrected chi connectivity index (χ4v) is 20.6. The van der Waals surface area contributed by atoms with Gasteiger partial charge in [-0.2, -0.15) is 0 Å². The van der Waals surface area contributed by atoms with Gasteiger partial charge in [0.2, 0.25) is 0 Å². The van der Waals surface area contributed by atoms with E-state index in [9.17, 15) is 0 Å². The van der Waals surface area contributed by atoms with Gasteiger partial charge in [0.05, 0.1) is 33.6 Å². The Morgan fingerprint density at radius 2 is 0.539 bits per heavy atom. The molecule has 15 aromatic carbocycles. The molecule has 6 aliphatic rings. The molecule has 0 radical (unpaired) electrons. The van der Waals surface area contributed by atoms with Crippen LogP contribution in [0.15, 0.2) is 324 Å². The maximum Gasteiger partial charge on any atom is 0.160 e. The van der Waals surface area contributed by atoms with Crippen molar-refractivity contribution in [1.29, 1.82) is 0 Å². The topological polar surface area (TPSA) is 32.8 Å². The summed E-state index contributed by atoms with van der Waals surface area (Å²) in [5.74, 6) is 0. The van der Waals surface area contributed by atoms with Crippen LogP contribution in [0.2, 0.25) is 0 Å². The van der Waals surface area contributed by atoms with Crippen molar-refractivity contribution in [3.05, 3.63) is 382 Å². The number of benzene rings is 15. The predicted octanol–water partition coefficient (Wildman–Crippen LogP) is 25.7. The van der Waals surface area contributed by atoms with E-state index in [-0.39, 0.29) is 10.8 Å². The SMILES string of the molecule is CC1(C)c2ccccc2-c2c(N(c3ccccc3)c3cc4c(c5c3oc3ccccc35)-c3cc5c(cc3C43c4ccccc4-c4ccccc43)-c3c(cc(N(c4ccccc4)c4cccc6c4-c4ccccc4C6(C)C)c4oc6ccccc6c34)C53c4ccccc4-c4ccccc43)cccc21. The van der Waals surface area contributed by atoms with Crippen molar-refractivity contribution >= 4 is 78.0 Å². The van der Waals surface area contributed by atoms with Gasteiger partial charge in [-0.15, -0.1) is 0 Å². The highest BCUT2D eigenvalue weighted by molar-refractivity contribution is 6.24. The molecular weight excluding hydrogens is 1240 g/mol. The summed E-state index contributed by atoms with van der Waals surface area (Å²) in [6.45, 7) is 9.53. The molecule has 0 amide bonds. The lowest BCUT2D eigenvalue weighted by atomic mass is 9.68. The van der Waals surface area contributed by atoms with E-state index in [2.05, 4.69) is 353 Å². The first-order valence-corrected chi connectivity index (χ1v) is 35.9. The van der Waals surface area contributed by atoms with Crippen molar-refractivity contribution in [1.82, 2.24) is 0 Å². The van der Waals surface area contributed by atoms with Gasteiger partial charge in [0.25, 0.3) is 0 Å². The quantitative estimate of drug-likeness (QED) is 0.166. The molecule has 2 spiro atoms. The van der Waals surface area contributed by atoms with Crippen LogP contribution in [0.1, 0.15) is 94.5 Å². The Morgan fingerprint density at radius 3 is 0.922 bits per heavy atom. The molecule has 0 atom stereocenters. The van der Waals surface area contributed by atoms with Crippen molar-refractivity contribution in [3.8, 4) is 66.8 Å². The molecule has 478 valence electrons. The minimum absolute atomic E-state index is 0.236. The summed E-state index contributed by atoms with van der Waals surface area (Å²) in [6, 6.07) is 119. The number of anilines is 6. The van der Waals surface area contributed by atoms with Crippen LogP contribution in [-0.4, -0.2) is 0 Å². The van der Waals surface area contributed by atoms with Gasteiger partial charge in [-0.1, -0.05) is 270 Å². The Hall–Kier alpha value is -12.5. The minimum atomic E-state index is -0.829. The standard InChI is InChI=1S/C98H64N2O2/c1-95(2)69-41-19-15-37-63(69)87-75(95)47-27-49-81(87)99(57-29-7-5-8-30-57)83-55-79-89(91-65-39-17-25-51-85(65)101-93(83)91)67-53-78-68(54-77(67)97(79)71-43-21-11-33-59(71)60-34-12-22-44-72(60)97)90-80(98(78)73-45-23-13-35-61(73)62-36-14-24-46-74(62)98)56-84(94-92(90)66-40-18-26-52-86(66)102-94)100(58-31-9-6-10-32-58)82-50-28-48-76-88(82)64-38-16-20-42-70(64)96(76,3)4/h5-56H,1-4H3. The van der Waals surface area contributed by atoms with Gasteiger partial charge in [0.1, 0.15) is 11.2 Å². The zero-order valence-electron chi connectivity index (χ0n) is 56.7. The highest BCUT2D eigenvalue weighted by atomic mass is 16.3. The molecule has 0 saturated carbocycles. The molecule has 2 heterocycles. The summed E-state index contributed by atoms with van der Waals surface area (Å²) in [5, 5.41) is 4.37. The van der Waals surface area contributed by atoms with Gasteiger partial charge in [0.15, 0.2) is 11.2 Å². The van der Waals surface area contributed by atoms with E-state index in [1.807, 2.05) is 0 Å². The second-order valence-corrected chi connectivity index (χ2v) is 29.9. The number of hydrogen-bond acceptors (Lipinski definition) is 4. The lowest BCUT2D eigenvalue weighted by molar-refractivity contribution is 0.660. The van der Waals surface area contributed by atoms with Crippen LogP contribution in [0.5, 0.6) is 0 Å². The van der Waals surface area contributed by atoms with E-state index in [1.54, 1.807) is 0 Å². The van der Waals surface area contributed by atoms with Crippen molar-refractivity contribution in [2.45, 2.75) is 49.4 Å². The van der Waals surface area contributed by atoms with Crippen LogP contribution in [-0.2, 0) is 21.7 Å². The Kier molecular flexibility index (Phi) is 10.9. The Labute approximate surface area is 591 Å². The summed E-state index contributed by atoms with van der Waals surface area (Å²) >= 11 is 0. The molecule has 0 N–H and O–H groups in total. The van der Waals surface area contributed by atoms with E-state index in [1.165, 1.54) is 134 Å². The molecule has 0 saturated heterocycles. The first kappa shape index (κ1) is 56.4. The number of nitrogens with zero attached hydrogens (tertiary/aromatic N) is 2. The third kappa shape index (κ3) is 6.75. The van der Waals surface area contributed by atoms with Crippen LogP contribution in [0.4, 0.5) is 34.1 Å². The first-order chi connectivity index (χ1) is 50.2. The molecule has 4 heteroatoms. The monoisotopic (exact) mass is 1300 g/mol. The normalized spacial score (nSPS) is 15.2. The zero-order chi connectivity index (χ0) is 67.3.